The van der Waals surface area contributed by atoms with E-state index in [1.807, 2.05) is 20.8 Å². The van der Waals surface area contributed by atoms with Crippen LogP contribution >= 0.6 is 0 Å². The summed E-state index contributed by atoms with van der Waals surface area (Å²) >= 11 is 0. The first-order valence-corrected chi connectivity index (χ1v) is 8.06. The molecule has 1 fully saturated rings. The van der Waals surface area contributed by atoms with E-state index in [2.05, 4.69) is 0 Å². The molecule has 1 atom stereocenters. The lowest BCUT2D eigenvalue weighted by Gasteiger charge is -2.24. The highest BCUT2D eigenvalue weighted by molar-refractivity contribution is 7.86. The minimum absolute atomic E-state index is 0.0961. The fourth-order valence-electron chi connectivity index (χ4n) is 1.75. The second-order valence-electron chi connectivity index (χ2n) is 5.27. The number of epoxide rings is 1. The molecule has 1 unspecified atom stereocenters. The number of rotatable bonds is 7. The fraction of sp³-hybridized carbons (Fsp3) is 0.571. The van der Waals surface area contributed by atoms with Gasteiger partial charge in [0.2, 0.25) is 0 Å². The lowest BCUT2D eigenvalue weighted by molar-refractivity contribution is 0.0743. The van der Waals surface area contributed by atoms with Crippen molar-refractivity contribution in [3.8, 4) is 5.75 Å². The maximum atomic E-state index is 11.8. The summed E-state index contributed by atoms with van der Waals surface area (Å²) in [5, 5.41) is 0. The Bertz CT molecular complexity index is 543. The van der Waals surface area contributed by atoms with Crippen LogP contribution in [0.2, 0.25) is 0 Å². The molecule has 1 aliphatic heterocycles. The van der Waals surface area contributed by atoms with Gasteiger partial charge in [0.1, 0.15) is 17.5 Å². The monoisotopic (exact) mass is 300 g/mol. The molecule has 112 valence electrons. The Kier molecular flexibility index (Phi) is 4.36. The van der Waals surface area contributed by atoms with Gasteiger partial charge in [0.25, 0.3) is 10.1 Å². The van der Waals surface area contributed by atoms with E-state index in [0.717, 1.165) is 0 Å². The van der Waals surface area contributed by atoms with Crippen molar-refractivity contribution in [3.63, 3.8) is 0 Å². The summed E-state index contributed by atoms with van der Waals surface area (Å²) in [6, 6.07) is 6.24. The zero-order chi connectivity index (χ0) is 14.8. The van der Waals surface area contributed by atoms with Crippen LogP contribution in [0.3, 0.4) is 0 Å². The van der Waals surface area contributed by atoms with Gasteiger partial charge < -0.3 is 9.47 Å². The van der Waals surface area contributed by atoms with Gasteiger partial charge in [-0.1, -0.05) is 6.92 Å². The second kappa shape index (κ2) is 5.71. The molecule has 2 rings (SSSR count). The minimum atomic E-state index is -3.67. The zero-order valence-electron chi connectivity index (χ0n) is 12.0. The van der Waals surface area contributed by atoms with Gasteiger partial charge in [0.15, 0.2) is 0 Å². The molecule has 5 nitrogen and oxygen atoms in total. The SMILES string of the molecule is CCCOS(=O)(=O)c1ccc(OC(C)(C)C2CO2)cc1. The third-order valence-electron chi connectivity index (χ3n) is 3.04. The van der Waals surface area contributed by atoms with Gasteiger partial charge in [-0.25, -0.2) is 0 Å². The quantitative estimate of drug-likeness (QED) is 0.571. The van der Waals surface area contributed by atoms with Crippen molar-refractivity contribution in [2.24, 2.45) is 0 Å². The molecular formula is C14H20O5S. The molecule has 0 aliphatic carbocycles. The van der Waals surface area contributed by atoms with Gasteiger partial charge in [-0.3, -0.25) is 4.18 Å². The first-order chi connectivity index (χ1) is 9.35. The summed E-state index contributed by atoms with van der Waals surface area (Å²) in [5.74, 6) is 0.611. The Morgan fingerprint density at radius 2 is 1.90 bits per heavy atom. The summed E-state index contributed by atoms with van der Waals surface area (Å²) in [6.07, 6.45) is 0.745. The van der Waals surface area contributed by atoms with Crippen molar-refractivity contribution in [1.82, 2.24) is 0 Å². The maximum absolute atomic E-state index is 11.8. The van der Waals surface area contributed by atoms with Crippen molar-refractivity contribution in [2.45, 2.75) is 43.8 Å². The predicted octanol–water partition coefficient (Wildman–Crippen LogP) is 2.36. The van der Waals surface area contributed by atoms with Crippen LogP contribution in [0.15, 0.2) is 29.2 Å². The Balaban J connectivity index is 2.06. The Morgan fingerprint density at radius 1 is 1.30 bits per heavy atom. The van der Waals surface area contributed by atoms with Gasteiger partial charge >= 0.3 is 0 Å². The van der Waals surface area contributed by atoms with Crippen LogP contribution in [0.25, 0.3) is 0 Å². The Morgan fingerprint density at radius 3 is 2.40 bits per heavy atom. The molecule has 1 aromatic carbocycles. The molecule has 0 saturated carbocycles. The van der Waals surface area contributed by atoms with Crippen LogP contribution < -0.4 is 4.74 Å². The highest BCUT2D eigenvalue weighted by Gasteiger charge is 2.41. The van der Waals surface area contributed by atoms with E-state index in [9.17, 15) is 8.42 Å². The fourth-order valence-corrected chi connectivity index (χ4v) is 2.75. The summed E-state index contributed by atoms with van der Waals surface area (Å²) in [5.41, 5.74) is -0.418. The molecule has 0 bridgehead atoms. The maximum Gasteiger partial charge on any atom is 0.296 e. The first kappa shape index (κ1) is 15.3. The molecule has 1 aromatic rings. The van der Waals surface area contributed by atoms with Gasteiger partial charge in [-0.05, 0) is 44.5 Å². The molecule has 0 radical (unpaired) electrons. The van der Waals surface area contributed by atoms with Crippen LogP contribution in [0, 0.1) is 0 Å². The predicted molar refractivity (Wildman–Crippen MR) is 74.3 cm³/mol. The first-order valence-electron chi connectivity index (χ1n) is 6.65. The molecule has 0 N–H and O–H groups in total. The van der Waals surface area contributed by atoms with Gasteiger partial charge in [-0.2, -0.15) is 8.42 Å². The van der Waals surface area contributed by atoms with Crippen LogP contribution in [-0.2, 0) is 19.0 Å². The average Bonchev–Trinajstić information content (AvgIpc) is 3.21. The highest BCUT2D eigenvalue weighted by Crippen LogP contribution is 2.30. The number of ether oxygens (including phenoxy) is 2. The minimum Gasteiger partial charge on any atom is -0.485 e. The Hall–Kier alpha value is -1.11. The molecule has 1 saturated heterocycles. The van der Waals surface area contributed by atoms with Crippen molar-refractivity contribution in [3.05, 3.63) is 24.3 Å². The zero-order valence-corrected chi connectivity index (χ0v) is 12.8. The van der Waals surface area contributed by atoms with E-state index >= 15 is 0 Å². The summed E-state index contributed by atoms with van der Waals surface area (Å²) in [4.78, 5) is 0.138. The largest absolute Gasteiger partial charge is 0.485 e. The molecular weight excluding hydrogens is 280 g/mol. The van der Waals surface area contributed by atoms with Gasteiger partial charge in [0, 0.05) is 0 Å². The van der Waals surface area contributed by atoms with Crippen LogP contribution in [0.1, 0.15) is 27.2 Å². The van der Waals surface area contributed by atoms with Crippen molar-refractivity contribution in [1.29, 1.82) is 0 Å². The standard InChI is InChI=1S/C14H20O5S/c1-4-9-18-20(15,16)12-7-5-11(6-8-12)19-14(2,3)13-10-17-13/h5-8,13H,4,9-10H2,1-3H3. The van der Waals surface area contributed by atoms with E-state index in [1.54, 1.807) is 12.1 Å². The molecule has 1 aliphatic rings. The Labute approximate surface area is 120 Å². The lowest BCUT2D eigenvalue weighted by Crippen LogP contribution is -2.34. The smallest absolute Gasteiger partial charge is 0.296 e. The van der Waals surface area contributed by atoms with E-state index in [1.165, 1.54) is 12.1 Å². The lowest BCUT2D eigenvalue weighted by atomic mass is 10.1. The van der Waals surface area contributed by atoms with Gasteiger partial charge in [0.05, 0.1) is 18.1 Å². The van der Waals surface area contributed by atoms with Crippen molar-refractivity contribution in [2.75, 3.05) is 13.2 Å². The topological polar surface area (TPSA) is 65.1 Å². The number of hydrogen-bond acceptors (Lipinski definition) is 5. The average molecular weight is 300 g/mol. The van der Waals surface area contributed by atoms with E-state index in [0.29, 0.717) is 18.8 Å². The second-order valence-corrected chi connectivity index (χ2v) is 6.89. The number of benzene rings is 1. The molecule has 6 heteroatoms. The van der Waals surface area contributed by atoms with Gasteiger partial charge in [-0.15, -0.1) is 0 Å². The van der Waals surface area contributed by atoms with E-state index < -0.39 is 15.7 Å². The van der Waals surface area contributed by atoms with E-state index in [-0.39, 0.29) is 17.6 Å². The van der Waals surface area contributed by atoms with Crippen LogP contribution in [0.5, 0.6) is 5.75 Å². The van der Waals surface area contributed by atoms with Crippen molar-refractivity contribution < 1.29 is 22.1 Å². The normalized spacial score (nSPS) is 18.9. The highest BCUT2D eigenvalue weighted by atomic mass is 32.2. The summed E-state index contributed by atoms with van der Waals surface area (Å²) < 4.78 is 39.6. The third kappa shape index (κ3) is 3.71. The van der Waals surface area contributed by atoms with E-state index in [4.69, 9.17) is 13.7 Å². The molecule has 0 aromatic heterocycles. The molecule has 20 heavy (non-hydrogen) atoms. The summed E-state index contributed by atoms with van der Waals surface area (Å²) in [6.45, 7) is 6.63. The molecule has 0 amide bonds. The third-order valence-corrected chi connectivity index (χ3v) is 4.37. The molecule has 0 spiro atoms. The van der Waals surface area contributed by atoms with Crippen LogP contribution in [0.4, 0.5) is 0 Å². The summed E-state index contributed by atoms with van der Waals surface area (Å²) in [7, 11) is -3.67. The number of hydrogen-bond donors (Lipinski definition) is 0. The van der Waals surface area contributed by atoms with Crippen molar-refractivity contribution >= 4 is 10.1 Å². The molecule has 1 heterocycles. The van der Waals surface area contributed by atoms with Crippen LogP contribution in [-0.4, -0.2) is 33.3 Å².